The number of nitrogens with zero attached hydrogens (tertiary/aromatic N) is 2. The van der Waals surface area contributed by atoms with Crippen molar-refractivity contribution in [3.8, 4) is 0 Å². The maximum Gasteiger partial charge on any atom is 0.0726 e. The zero-order chi connectivity index (χ0) is 12.6. The number of nitrogens with one attached hydrogen (secondary N) is 1. The molecular weight excluding hydrogens is 226 g/mol. The summed E-state index contributed by atoms with van der Waals surface area (Å²) in [5.41, 5.74) is 1.13. The van der Waals surface area contributed by atoms with Gasteiger partial charge >= 0.3 is 0 Å². The standard InChI is InChI=1S/C14H25N3O/c1-18-10-9-17-12-14(11-16-17)15-8-7-13-5-3-2-4-6-13/h11-13,15H,2-10H2,1H3. The number of ether oxygens (including phenoxy) is 1. The fraction of sp³-hybridized carbons (Fsp3) is 0.786. The highest BCUT2D eigenvalue weighted by molar-refractivity contribution is 5.37. The van der Waals surface area contributed by atoms with E-state index in [1.165, 1.54) is 38.5 Å². The summed E-state index contributed by atoms with van der Waals surface area (Å²) in [5.74, 6) is 0.940. The first kappa shape index (κ1) is 13.4. The molecule has 1 N–H and O–H groups in total. The van der Waals surface area contributed by atoms with Gasteiger partial charge in [0.05, 0.1) is 25.0 Å². The minimum absolute atomic E-state index is 0.712. The van der Waals surface area contributed by atoms with Crippen molar-refractivity contribution in [1.82, 2.24) is 9.78 Å². The zero-order valence-electron chi connectivity index (χ0n) is 11.4. The van der Waals surface area contributed by atoms with Crippen LogP contribution in [-0.2, 0) is 11.3 Å². The molecule has 18 heavy (non-hydrogen) atoms. The third-order valence-electron chi connectivity index (χ3n) is 3.76. The molecule has 0 atom stereocenters. The van der Waals surface area contributed by atoms with Crippen molar-refractivity contribution >= 4 is 5.69 Å². The first-order valence-electron chi connectivity index (χ1n) is 7.14. The highest BCUT2D eigenvalue weighted by Crippen LogP contribution is 2.26. The van der Waals surface area contributed by atoms with E-state index in [2.05, 4.69) is 16.6 Å². The molecule has 0 radical (unpaired) electrons. The monoisotopic (exact) mass is 251 g/mol. The Balaban J connectivity index is 1.64. The van der Waals surface area contributed by atoms with E-state index in [0.717, 1.165) is 24.7 Å². The van der Waals surface area contributed by atoms with E-state index >= 15 is 0 Å². The quantitative estimate of drug-likeness (QED) is 0.810. The van der Waals surface area contributed by atoms with Crippen molar-refractivity contribution in [3.63, 3.8) is 0 Å². The van der Waals surface area contributed by atoms with Gasteiger partial charge < -0.3 is 10.1 Å². The van der Waals surface area contributed by atoms with Crippen LogP contribution in [0.2, 0.25) is 0 Å². The third kappa shape index (κ3) is 4.33. The molecule has 0 aromatic carbocycles. The topological polar surface area (TPSA) is 39.1 Å². The molecule has 0 amide bonds. The van der Waals surface area contributed by atoms with Gasteiger partial charge in [-0.05, 0) is 12.3 Å². The number of methoxy groups -OCH3 is 1. The lowest BCUT2D eigenvalue weighted by atomic mass is 9.87. The van der Waals surface area contributed by atoms with Crippen LogP contribution < -0.4 is 5.32 Å². The molecule has 1 aliphatic rings. The highest BCUT2D eigenvalue weighted by atomic mass is 16.5. The Hall–Kier alpha value is -1.03. The Kier molecular flexibility index (Phi) is 5.52. The average molecular weight is 251 g/mol. The molecule has 0 unspecified atom stereocenters. The fourth-order valence-corrected chi connectivity index (χ4v) is 2.66. The first-order valence-corrected chi connectivity index (χ1v) is 7.14. The molecule has 2 rings (SSSR count). The fourth-order valence-electron chi connectivity index (χ4n) is 2.66. The van der Waals surface area contributed by atoms with Crippen LogP contribution in [0.25, 0.3) is 0 Å². The molecule has 1 aromatic rings. The zero-order valence-corrected chi connectivity index (χ0v) is 11.4. The van der Waals surface area contributed by atoms with Gasteiger partial charge in [0.15, 0.2) is 0 Å². The lowest BCUT2D eigenvalue weighted by Gasteiger charge is -2.21. The summed E-state index contributed by atoms with van der Waals surface area (Å²) in [6, 6.07) is 0. The largest absolute Gasteiger partial charge is 0.383 e. The summed E-state index contributed by atoms with van der Waals surface area (Å²) in [7, 11) is 1.72. The van der Waals surface area contributed by atoms with E-state index in [4.69, 9.17) is 4.74 Å². The summed E-state index contributed by atoms with van der Waals surface area (Å²) in [6.45, 7) is 2.60. The normalized spacial score (nSPS) is 16.9. The molecular formula is C14H25N3O. The predicted molar refractivity (Wildman–Crippen MR) is 73.8 cm³/mol. The molecule has 102 valence electrons. The van der Waals surface area contributed by atoms with Gasteiger partial charge in [0.2, 0.25) is 0 Å². The Morgan fingerprint density at radius 3 is 3.00 bits per heavy atom. The number of rotatable bonds is 7. The van der Waals surface area contributed by atoms with Crippen LogP contribution in [0.4, 0.5) is 5.69 Å². The van der Waals surface area contributed by atoms with Gasteiger partial charge in [-0.15, -0.1) is 0 Å². The maximum atomic E-state index is 5.03. The van der Waals surface area contributed by atoms with E-state index in [-0.39, 0.29) is 0 Å². The Morgan fingerprint density at radius 2 is 2.22 bits per heavy atom. The van der Waals surface area contributed by atoms with Crippen molar-refractivity contribution in [2.24, 2.45) is 5.92 Å². The van der Waals surface area contributed by atoms with Gasteiger partial charge in [-0.25, -0.2) is 0 Å². The van der Waals surface area contributed by atoms with Crippen LogP contribution in [0, 0.1) is 5.92 Å². The van der Waals surface area contributed by atoms with Gasteiger partial charge in [0.25, 0.3) is 0 Å². The van der Waals surface area contributed by atoms with Crippen molar-refractivity contribution in [1.29, 1.82) is 0 Å². The molecule has 0 spiro atoms. The second kappa shape index (κ2) is 7.41. The summed E-state index contributed by atoms with van der Waals surface area (Å²) in [4.78, 5) is 0. The van der Waals surface area contributed by atoms with Crippen molar-refractivity contribution in [2.75, 3.05) is 25.6 Å². The lowest BCUT2D eigenvalue weighted by Crippen LogP contribution is -2.12. The van der Waals surface area contributed by atoms with Crippen LogP contribution >= 0.6 is 0 Å². The van der Waals surface area contributed by atoms with Crippen LogP contribution in [0.1, 0.15) is 38.5 Å². The molecule has 1 fully saturated rings. The number of hydrogen-bond donors (Lipinski definition) is 1. The average Bonchev–Trinajstić information content (AvgIpc) is 2.85. The smallest absolute Gasteiger partial charge is 0.0726 e. The van der Waals surface area contributed by atoms with Gasteiger partial charge in [-0.3, -0.25) is 4.68 Å². The minimum atomic E-state index is 0.712. The summed E-state index contributed by atoms with van der Waals surface area (Å²) >= 11 is 0. The van der Waals surface area contributed by atoms with E-state index in [9.17, 15) is 0 Å². The van der Waals surface area contributed by atoms with Gasteiger partial charge in [-0.1, -0.05) is 32.1 Å². The van der Waals surface area contributed by atoms with Gasteiger partial charge in [0.1, 0.15) is 0 Å². The highest BCUT2D eigenvalue weighted by Gasteiger charge is 2.12. The maximum absolute atomic E-state index is 5.03. The minimum Gasteiger partial charge on any atom is -0.383 e. The molecule has 1 aliphatic carbocycles. The predicted octanol–water partition coefficient (Wildman–Crippen LogP) is 2.91. The lowest BCUT2D eigenvalue weighted by molar-refractivity contribution is 0.183. The second-order valence-electron chi connectivity index (χ2n) is 5.20. The van der Waals surface area contributed by atoms with Gasteiger partial charge in [-0.2, -0.15) is 5.10 Å². The molecule has 4 nitrogen and oxygen atoms in total. The van der Waals surface area contributed by atoms with Gasteiger partial charge in [0, 0.05) is 19.9 Å². The molecule has 1 heterocycles. The van der Waals surface area contributed by atoms with Crippen LogP contribution in [-0.4, -0.2) is 30.0 Å². The number of aromatic nitrogens is 2. The number of anilines is 1. The van der Waals surface area contributed by atoms with Crippen LogP contribution in [0.5, 0.6) is 0 Å². The van der Waals surface area contributed by atoms with E-state index < -0.39 is 0 Å². The van der Waals surface area contributed by atoms with E-state index in [1.807, 2.05) is 10.9 Å². The van der Waals surface area contributed by atoms with Crippen LogP contribution in [0.15, 0.2) is 12.4 Å². The third-order valence-corrected chi connectivity index (χ3v) is 3.76. The Labute approximate surface area is 110 Å². The summed E-state index contributed by atoms with van der Waals surface area (Å²) in [6.07, 6.45) is 12.4. The van der Waals surface area contributed by atoms with E-state index in [0.29, 0.717) is 6.61 Å². The molecule has 1 saturated carbocycles. The van der Waals surface area contributed by atoms with E-state index in [1.54, 1.807) is 7.11 Å². The molecule has 0 aliphatic heterocycles. The number of hydrogen-bond acceptors (Lipinski definition) is 3. The molecule has 0 saturated heterocycles. The Bertz CT molecular complexity index is 332. The second-order valence-corrected chi connectivity index (χ2v) is 5.20. The summed E-state index contributed by atoms with van der Waals surface area (Å²) in [5, 5.41) is 7.76. The molecule has 4 heteroatoms. The molecule has 0 bridgehead atoms. The van der Waals surface area contributed by atoms with Crippen molar-refractivity contribution < 1.29 is 4.74 Å². The van der Waals surface area contributed by atoms with Crippen molar-refractivity contribution in [2.45, 2.75) is 45.1 Å². The summed E-state index contributed by atoms with van der Waals surface area (Å²) < 4.78 is 6.96. The SMILES string of the molecule is COCCn1cc(NCCC2CCCCC2)cn1. The molecule has 1 aromatic heterocycles. The van der Waals surface area contributed by atoms with Crippen molar-refractivity contribution in [3.05, 3.63) is 12.4 Å². The van der Waals surface area contributed by atoms with Crippen LogP contribution in [0.3, 0.4) is 0 Å². The first-order chi connectivity index (χ1) is 8.88. The Morgan fingerprint density at radius 1 is 1.39 bits per heavy atom.